The van der Waals surface area contributed by atoms with Gasteiger partial charge in [-0.2, -0.15) is 0 Å². The number of ether oxygens (including phenoxy) is 1. The summed E-state index contributed by atoms with van der Waals surface area (Å²) in [5, 5.41) is 9.13. The molecule has 1 fully saturated rings. The van der Waals surface area contributed by atoms with Crippen molar-refractivity contribution in [1.29, 1.82) is 0 Å². The van der Waals surface area contributed by atoms with Crippen LogP contribution in [0.3, 0.4) is 0 Å². The molecule has 2 nitrogen and oxygen atoms in total. The van der Waals surface area contributed by atoms with E-state index in [4.69, 9.17) is 18.1 Å². The summed E-state index contributed by atoms with van der Waals surface area (Å²) in [7, 11) is 7.60. The van der Waals surface area contributed by atoms with Crippen LogP contribution in [0.25, 0.3) is 0 Å². The zero-order valence-electron chi connectivity index (χ0n) is 7.50. The molecule has 1 unspecified atom stereocenters. The first-order valence-electron chi connectivity index (χ1n) is 4.53. The second kappa shape index (κ2) is 5.79. The monoisotopic (exact) mass is 380 g/mol. The van der Waals surface area contributed by atoms with E-state index in [0.717, 1.165) is 3.93 Å². The van der Waals surface area contributed by atoms with E-state index < -0.39 is 23.3 Å². The third-order valence-corrected chi connectivity index (χ3v) is 8.18. The number of hydrogen-bond acceptors (Lipinski definition) is 2. The van der Waals surface area contributed by atoms with Crippen molar-refractivity contribution in [2.75, 3.05) is 13.7 Å². The van der Waals surface area contributed by atoms with E-state index in [0.29, 0.717) is 11.8 Å². The summed E-state index contributed by atoms with van der Waals surface area (Å²) >= 11 is -1.12. The second-order valence-corrected chi connectivity index (χ2v) is 10.5. The average molecular weight is 379 g/mol. The fourth-order valence-corrected chi connectivity index (χ4v) is 7.23. The first-order chi connectivity index (χ1) is 5.83. The third-order valence-electron chi connectivity index (χ3n) is 2.54. The Kier molecular flexibility index (Phi) is 5.41. The molecule has 0 spiro atoms. The van der Waals surface area contributed by atoms with Crippen LogP contribution < -0.4 is 0 Å². The van der Waals surface area contributed by atoms with E-state index in [1.165, 1.54) is 12.8 Å². The maximum atomic E-state index is 9.13. The van der Waals surface area contributed by atoms with Crippen molar-refractivity contribution in [3.05, 3.63) is 0 Å². The van der Waals surface area contributed by atoms with Gasteiger partial charge in [-0.05, 0) is 0 Å². The molecule has 1 N–H and O–H groups in total. The molecule has 0 bridgehead atoms. The Morgan fingerprint density at radius 1 is 1.67 bits per heavy atom. The van der Waals surface area contributed by atoms with Crippen LogP contribution in [0.1, 0.15) is 12.8 Å². The van der Waals surface area contributed by atoms with Crippen molar-refractivity contribution in [2.45, 2.75) is 22.9 Å². The molecule has 0 heterocycles. The van der Waals surface area contributed by atoms with Gasteiger partial charge >= 0.3 is 89.9 Å². The van der Waals surface area contributed by atoms with Gasteiger partial charge in [-0.15, -0.1) is 0 Å². The number of aliphatic hydroxyl groups is 1. The zero-order chi connectivity index (χ0) is 8.97. The first-order valence-corrected chi connectivity index (χ1v) is 15.2. The van der Waals surface area contributed by atoms with Crippen LogP contribution in [0.4, 0.5) is 0 Å². The maximum absolute atomic E-state index is 9.13. The predicted octanol–water partition coefficient (Wildman–Crippen LogP) is 1.67. The number of halogens is 1. The molecule has 1 aliphatic carbocycles. The molecule has 1 saturated carbocycles. The van der Waals surface area contributed by atoms with Crippen molar-refractivity contribution in [2.24, 2.45) is 11.8 Å². The molecule has 0 aromatic heterocycles. The van der Waals surface area contributed by atoms with E-state index in [9.17, 15) is 0 Å². The molecule has 0 saturated heterocycles. The molecule has 0 aromatic rings. The normalized spacial score (nSPS) is 21.6. The molecule has 1 aliphatic rings. The van der Waals surface area contributed by atoms with Gasteiger partial charge in [0.1, 0.15) is 0 Å². The SMILES string of the molecule is COC(C1CC1)[C@@H](CO)[CH2][Hg][Cl]. The van der Waals surface area contributed by atoms with Crippen LogP contribution in [0, 0.1) is 11.8 Å². The van der Waals surface area contributed by atoms with Gasteiger partial charge in [0.25, 0.3) is 0 Å². The number of hydrogen-bond donors (Lipinski definition) is 1. The quantitative estimate of drug-likeness (QED) is 0.712. The van der Waals surface area contributed by atoms with Crippen LogP contribution in [0.2, 0.25) is 3.93 Å². The van der Waals surface area contributed by atoms with Gasteiger partial charge in [-0.3, -0.25) is 0 Å². The van der Waals surface area contributed by atoms with E-state index in [1.807, 2.05) is 0 Å². The van der Waals surface area contributed by atoms with Crippen LogP contribution in [0.15, 0.2) is 0 Å². The van der Waals surface area contributed by atoms with Crippen molar-refractivity contribution in [3.8, 4) is 0 Å². The molecule has 0 aromatic carbocycles. The van der Waals surface area contributed by atoms with Crippen LogP contribution in [-0.2, 0) is 28.1 Å². The Balaban J connectivity index is 2.36. The third kappa shape index (κ3) is 3.13. The van der Waals surface area contributed by atoms with Gasteiger partial charge in [0.2, 0.25) is 0 Å². The molecule has 4 heteroatoms. The Bertz CT molecular complexity index is 130. The fraction of sp³-hybridized carbons (Fsp3) is 1.00. The summed E-state index contributed by atoms with van der Waals surface area (Å²) in [4.78, 5) is 0. The standard InChI is InChI=1S/C8H15O2.ClH.Hg/c1-6(5-9)8(10-2)7-3-4-7;;/h6-9H,1,3-5H2,2H3;1H;/q;;+1/p-1/t6-,8?;;/m1../s1. The van der Waals surface area contributed by atoms with E-state index in [-0.39, 0.29) is 12.7 Å². The first kappa shape index (κ1) is 11.2. The van der Waals surface area contributed by atoms with Crippen LogP contribution in [0.5, 0.6) is 0 Å². The van der Waals surface area contributed by atoms with Crippen LogP contribution >= 0.6 is 8.25 Å². The fourth-order valence-electron chi connectivity index (χ4n) is 1.69. The Labute approximate surface area is 89.5 Å². The summed E-state index contributed by atoms with van der Waals surface area (Å²) in [6, 6.07) is 0. The van der Waals surface area contributed by atoms with Crippen molar-refractivity contribution in [1.82, 2.24) is 0 Å². The van der Waals surface area contributed by atoms with Gasteiger partial charge in [0, 0.05) is 0 Å². The minimum absolute atomic E-state index is 0.252. The minimum atomic E-state index is -1.12. The Morgan fingerprint density at radius 2 is 2.33 bits per heavy atom. The van der Waals surface area contributed by atoms with Gasteiger partial charge in [0.15, 0.2) is 0 Å². The summed E-state index contributed by atoms with van der Waals surface area (Å²) < 4.78 is 6.47. The summed E-state index contributed by atoms with van der Waals surface area (Å²) in [6.45, 7) is 0.252. The van der Waals surface area contributed by atoms with Gasteiger partial charge in [-0.1, -0.05) is 0 Å². The van der Waals surface area contributed by atoms with E-state index >= 15 is 0 Å². The zero-order valence-corrected chi connectivity index (χ0v) is 13.8. The molecular weight excluding hydrogens is 364 g/mol. The van der Waals surface area contributed by atoms with Crippen molar-refractivity contribution < 1.29 is 33.2 Å². The molecule has 2 atom stereocenters. The second-order valence-electron chi connectivity index (χ2n) is 3.46. The molecule has 0 amide bonds. The molecular formula is C8H15ClHgO2. The van der Waals surface area contributed by atoms with Crippen molar-refractivity contribution in [3.63, 3.8) is 0 Å². The average Bonchev–Trinajstić information content (AvgIpc) is 2.88. The number of methoxy groups -OCH3 is 1. The summed E-state index contributed by atoms with van der Waals surface area (Å²) in [6.07, 6.45) is 2.83. The number of aliphatic hydroxyl groups excluding tert-OH is 1. The molecule has 0 aliphatic heterocycles. The Morgan fingerprint density at radius 3 is 2.67 bits per heavy atom. The molecule has 12 heavy (non-hydrogen) atoms. The van der Waals surface area contributed by atoms with Gasteiger partial charge in [-0.25, -0.2) is 0 Å². The van der Waals surface area contributed by atoms with Gasteiger partial charge < -0.3 is 0 Å². The van der Waals surface area contributed by atoms with E-state index in [1.54, 1.807) is 7.11 Å². The Hall–Kier alpha value is 1.15. The van der Waals surface area contributed by atoms with Crippen LogP contribution in [-0.4, -0.2) is 24.9 Å². The predicted molar refractivity (Wildman–Crippen MR) is 44.8 cm³/mol. The molecule has 1 rings (SSSR count). The summed E-state index contributed by atoms with van der Waals surface area (Å²) in [5.41, 5.74) is 0. The molecule has 68 valence electrons. The summed E-state index contributed by atoms with van der Waals surface area (Å²) in [5.74, 6) is 1.05. The van der Waals surface area contributed by atoms with Crippen molar-refractivity contribution >= 4 is 8.25 Å². The van der Waals surface area contributed by atoms with Gasteiger partial charge in [0.05, 0.1) is 0 Å². The number of rotatable bonds is 6. The van der Waals surface area contributed by atoms with E-state index in [2.05, 4.69) is 0 Å². The topological polar surface area (TPSA) is 29.5 Å². The molecule has 0 radical (unpaired) electrons.